The van der Waals surface area contributed by atoms with Gasteiger partial charge in [0.1, 0.15) is 0 Å². The number of aryl methyl sites for hydroxylation is 1. The summed E-state index contributed by atoms with van der Waals surface area (Å²) in [5.74, 6) is 0. The van der Waals surface area contributed by atoms with Crippen LogP contribution >= 0.6 is 0 Å². The van der Waals surface area contributed by atoms with E-state index in [0.717, 1.165) is 13.1 Å². The molecule has 0 spiro atoms. The molecule has 1 fully saturated rings. The first kappa shape index (κ1) is 12.4. The molecular formula is C18H21N. The topological polar surface area (TPSA) is 12.0 Å². The largest absolute Gasteiger partial charge is 0.315 e. The van der Waals surface area contributed by atoms with Crippen LogP contribution in [0.4, 0.5) is 0 Å². The molecule has 0 atom stereocenters. The first-order chi connectivity index (χ1) is 9.39. The van der Waals surface area contributed by atoms with Crippen LogP contribution in [0.1, 0.15) is 24.0 Å². The van der Waals surface area contributed by atoms with Gasteiger partial charge >= 0.3 is 0 Å². The zero-order valence-corrected chi connectivity index (χ0v) is 11.3. The number of nitrogens with one attached hydrogen (secondary N) is 1. The average molecular weight is 251 g/mol. The fraction of sp³-hybridized carbons (Fsp3) is 0.333. The van der Waals surface area contributed by atoms with Crippen molar-refractivity contribution >= 4 is 0 Å². The average Bonchev–Trinajstić information content (AvgIpc) is 2.44. The Morgan fingerprint density at radius 2 is 1.47 bits per heavy atom. The number of hydrogen-bond acceptors (Lipinski definition) is 1. The van der Waals surface area contributed by atoms with Crippen molar-refractivity contribution in [2.24, 2.45) is 0 Å². The highest BCUT2D eigenvalue weighted by Crippen LogP contribution is 2.33. The summed E-state index contributed by atoms with van der Waals surface area (Å²) in [5, 5.41) is 3.45. The molecule has 1 heteroatoms. The molecule has 3 rings (SSSR count). The molecule has 19 heavy (non-hydrogen) atoms. The van der Waals surface area contributed by atoms with Crippen molar-refractivity contribution in [3.8, 4) is 0 Å². The summed E-state index contributed by atoms with van der Waals surface area (Å²) in [6, 6.07) is 21.8. The molecule has 0 saturated carbocycles. The molecule has 1 N–H and O–H groups in total. The molecule has 2 aromatic rings. The third kappa shape index (κ3) is 2.71. The molecule has 1 heterocycles. The lowest BCUT2D eigenvalue weighted by atomic mass is 9.71. The second-order valence-corrected chi connectivity index (χ2v) is 5.59. The molecule has 2 aromatic carbocycles. The van der Waals surface area contributed by atoms with Gasteiger partial charge in [-0.15, -0.1) is 0 Å². The van der Waals surface area contributed by atoms with Crippen molar-refractivity contribution in [2.45, 2.75) is 24.7 Å². The van der Waals surface area contributed by atoms with Gasteiger partial charge in [0.25, 0.3) is 0 Å². The van der Waals surface area contributed by atoms with Gasteiger partial charge in [-0.1, -0.05) is 60.7 Å². The first-order valence-corrected chi connectivity index (χ1v) is 7.19. The van der Waals surface area contributed by atoms with Gasteiger partial charge in [-0.25, -0.2) is 0 Å². The molecule has 0 unspecified atom stereocenters. The van der Waals surface area contributed by atoms with Crippen molar-refractivity contribution in [3.05, 3.63) is 71.8 Å². The zero-order chi connectivity index (χ0) is 13.0. The van der Waals surface area contributed by atoms with Crippen molar-refractivity contribution in [1.82, 2.24) is 5.32 Å². The number of rotatable bonds is 5. The Hall–Kier alpha value is -1.60. The van der Waals surface area contributed by atoms with E-state index in [1.54, 1.807) is 0 Å². The maximum absolute atomic E-state index is 3.45. The molecule has 0 aromatic heterocycles. The van der Waals surface area contributed by atoms with E-state index >= 15 is 0 Å². The summed E-state index contributed by atoms with van der Waals surface area (Å²) in [5.41, 5.74) is 3.34. The Kier molecular flexibility index (Phi) is 3.65. The first-order valence-electron chi connectivity index (χ1n) is 7.19. The molecule has 1 aliphatic rings. The minimum atomic E-state index is 0.385. The molecule has 98 valence electrons. The number of hydrogen-bond donors (Lipinski definition) is 1. The van der Waals surface area contributed by atoms with Gasteiger partial charge in [0, 0.05) is 18.5 Å². The minimum Gasteiger partial charge on any atom is -0.315 e. The van der Waals surface area contributed by atoms with Crippen molar-refractivity contribution in [2.75, 3.05) is 13.1 Å². The van der Waals surface area contributed by atoms with Gasteiger partial charge in [-0.2, -0.15) is 0 Å². The third-order valence-electron chi connectivity index (χ3n) is 4.28. The standard InChI is InChI=1S/C18H21N/c1-3-8-16(9-4-1)10-7-13-18(14-19-15-18)17-11-5-2-6-12-17/h1-6,8-9,11-12,19H,7,10,13-15H2. The van der Waals surface area contributed by atoms with Crippen LogP contribution in [0.25, 0.3) is 0 Å². The van der Waals surface area contributed by atoms with Crippen molar-refractivity contribution in [3.63, 3.8) is 0 Å². The molecule has 0 bridgehead atoms. The molecular weight excluding hydrogens is 230 g/mol. The van der Waals surface area contributed by atoms with E-state index in [2.05, 4.69) is 66.0 Å². The monoisotopic (exact) mass is 251 g/mol. The predicted octanol–water partition coefficient (Wildman–Crippen LogP) is 3.55. The summed E-state index contributed by atoms with van der Waals surface area (Å²) in [4.78, 5) is 0. The Labute approximate surface area is 115 Å². The second kappa shape index (κ2) is 5.58. The molecule has 0 radical (unpaired) electrons. The van der Waals surface area contributed by atoms with Gasteiger partial charge in [0.15, 0.2) is 0 Å². The summed E-state index contributed by atoms with van der Waals surface area (Å²) >= 11 is 0. The smallest absolute Gasteiger partial charge is 0.0202 e. The zero-order valence-electron chi connectivity index (χ0n) is 11.3. The van der Waals surface area contributed by atoms with Crippen molar-refractivity contribution in [1.29, 1.82) is 0 Å². The van der Waals surface area contributed by atoms with Crippen LogP contribution in [0, 0.1) is 0 Å². The summed E-state index contributed by atoms with van der Waals surface area (Å²) in [7, 11) is 0. The molecule has 0 aliphatic carbocycles. The van der Waals surface area contributed by atoms with E-state index < -0.39 is 0 Å². The predicted molar refractivity (Wildman–Crippen MR) is 80.4 cm³/mol. The van der Waals surface area contributed by atoms with Crippen LogP contribution < -0.4 is 5.32 Å². The number of benzene rings is 2. The van der Waals surface area contributed by atoms with Crippen LogP contribution in [-0.4, -0.2) is 13.1 Å². The Morgan fingerprint density at radius 1 is 0.842 bits per heavy atom. The lowest BCUT2D eigenvalue weighted by molar-refractivity contribution is 0.252. The van der Waals surface area contributed by atoms with E-state index in [9.17, 15) is 0 Å². The summed E-state index contributed by atoms with van der Waals surface area (Å²) < 4.78 is 0. The normalized spacial score (nSPS) is 16.8. The Balaban J connectivity index is 1.62. The van der Waals surface area contributed by atoms with Crippen LogP contribution in [0.15, 0.2) is 60.7 Å². The van der Waals surface area contributed by atoms with E-state index in [1.807, 2.05) is 0 Å². The van der Waals surface area contributed by atoms with E-state index in [-0.39, 0.29) is 0 Å². The molecule has 0 amide bonds. The fourth-order valence-electron chi connectivity index (χ4n) is 3.02. The molecule has 1 saturated heterocycles. The quantitative estimate of drug-likeness (QED) is 0.857. The van der Waals surface area contributed by atoms with Gasteiger partial charge < -0.3 is 5.32 Å². The van der Waals surface area contributed by atoms with Crippen LogP contribution in [0.5, 0.6) is 0 Å². The van der Waals surface area contributed by atoms with Gasteiger partial charge in [0.05, 0.1) is 0 Å². The SMILES string of the molecule is c1ccc(CCCC2(c3ccccc3)CNC2)cc1. The summed E-state index contributed by atoms with van der Waals surface area (Å²) in [6.07, 6.45) is 3.73. The summed E-state index contributed by atoms with van der Waals surface area (Å²) in [6.45, 7) is 2.26. The van der Waals surface area contributed by atoms with E-state index in [1.165, 1.54) is 30.4 Å². The van der Waals surface area contributed by atoms with Crippen LogP contribution in [0.3, 0.4) is 0 Å². The second-order valence-electron chi connectivity index (χ2n) is 5.59. The Bertz CT molecular complexity index is 500. The fourth-order valence-corrected chi connectivity index (χ4v) is 3.02. The van der Waals surface area contributed by atoms with Crippen LogP contribution in [-0.2, 0) is 11.8 Å². The maximum Gasteiger partial charge on any atom is 0.0202 e. The van der Waals surface area contributed by atoms with Gasteiger partial charge in [0.2, 0.25) is 0 Å². The Morgan fingerprint density at radius 3 is 2.05 bits per heavy atom. The lowest BCUT2D eigenvalue weighted by Gasteiger charge is -2.43. The highest BCUT2D eigenvalue weighted by Gasteiger charge is 2.37. The van der Waals surface area contributed by atoms with E-state index in [4.69, 9.17) is 0 Å². The highest BCUT2D eigenvalue weighted by molar-refractivity contribution is 5.29. The molecule has 1 aliphatic heterocycles. The maximum atomic E-state index is 3.45. The minimum absolute atomic E-state index is 0.385. The third-order valence-corrected chi connectivity index (χ3v) is 4.28. The van der Waals surface area contributed by atoms with Crippen molar-refractivity contribution < 1.29 is 0 Å². The van der Waals surface area contributed by atoms with Crippen LogP contribution in [0.2, 0.25) is 0 Å². The lowest BCUT2D eigenvalue weighted by Crippen LogP contribution is -2.56. The highest BCUT2D eigenvalue weighted by atomic mass is 15.0. The van der Waals surface area contributed by atoms with E-state index in [0.29, 0.717) is 5.41 Å². The molecule has 1 nitrogen and oxygen atoms in total. The van der Waals surface area contributed by atoms with Gasteiger partial charge in [-0.3, -0.25) is 0 Å². The van der Waals surface area contributed by atoms with Gasteiger partial charge in [-0.05, 0) is 30.4 Å².